The number of benzene rings is 3. The molecule has 0 saturated heterocycles. The topological polar surface area (TPSA) is 46.5 Å². The average molecular weight is 421 g/mol. The molecule has 1 aromatic heterocycles. The molecule has 1 N–H and O–H groups in total. The number of anilines is 1. The molecule has 0 radical (unpaired) electrons. The van der Waals surface area contributed by atoms with E-state index >= 15 is 0 Å². The molecule has 0 bridgehead atoms. The van der Waals surface area contributed by atoms with Gasteiger partial charge >= 0.3 is 0 Å². The largest absolute Gasteiger partial charge is 0.486 e. The molecular formula is C23H17F2N3OS. The number of rotatable bonds is 7. The molecule has 0 aliphatic carbocycles. The fourth-order valence-corrected chi connectivity index (χ4v) is 3.35. The first-order valence-corrected chi connectivity index (χ1v) is 10.0. The molecule has 1 heterocycles. The molecular weight excluding hydrogens is 404 g/mol. The smallest absolute Gasteiger partial charge is 0.203 e. The number of ether oxygens (including phenoxy) is 1. The molecule has 0 amide bonds. The van der Waals surface area contributed by atoms with E-state index in [0.29, 0.717) is 5.13 Å². The quantitative estimate of drug-likeness (QED) is 0.289. The Kier molecular flexibility index (Phi) is 6.10. The predicted octanol–water partition coefficient (Wildman–Crippen LogP) is 6.11. The monoisotopic (exact) mass is 421 g/mol. The first-order valence-electron chi connectivity index (χ1n) is 9.15. The van der Waals surface area contributed by atoms with Crippen LogP contribution in [0.25, 0.3) is 11.3 Å². The van der Waals surface area contributed by atoms with Crippen LogP contribution in [0.5, 0.6) is 5.75 Å². The fraction of sp³-hybridized carbons (Fsp3) is 0.0435. The van der Waals surface area contributed by atoms with Crippen molar-refractivity contribution in [2.24, 2.45) is 5.10 Å². The summed E-state index contributed by atoms with van der Waals surface area (Å²) in [6.07, 6.45) is 1.68. The van der Waals surface area contributed by atoms with Crippen molar-refractivity contribution in [3.63, 3.8) is 0 Å². The summed E-state index contributed by atoms with van der Waals surface area (Å²) in [5.41, 5.74) is 6.60. The van der Waals surface area contributed by atoms with Crippen LogP contribution in [0.15, 0.2) is 83.3 Å². The average Bonchev–Trinajstić information content (AvgIpc) is 3.25. The zero-order valence-corrected chi connectivity index (χ0v) is 16.6. The molecule has 0 unspecified atom stereocenters. The van der Waals surface area contributed by atoms with Gasteiger partial charge in [0.15, 0.2) is 11.6 Å². The first kappa shape index (κ1) is 19.7. The van der Waals surface area contributed by atoms with E-state index in [2.05, 4.69) is 15.5 Å². The lowest BCUT2D eigenvalue weighted by molar-refractivity contribution is 0.284. The SMILES string of the molecule is Fc1cccc(OCc2ccc(C=NNc3nc(-c4ccccc4)cs3)cc2)c1F. The Morgan fingerprint density at radius 1 is 0.967 bits per heavy atom. The Morgan fingerprint density at radius 3 is 2.57 bits per heavy atom. The second-order valence-corrected chi connectivity index (χ2v) is 7.21. The number of hydrazone groups is 1. The van der Waals surface area contributed by atoms with Crippen LogP contribution in [-0.2, 0) is 6.61 Å². The van der Waals surface area contributed by atoms with Crippen LogP contribution in [0, 0.1) is 11.6 Å². The second-order valence-electron chi connectivity index (χ2n) is 6.36. The van der Waals surface area contributed by atoms with Crippen molar-refractivity contribution >= 4 is 22.7 Å². The van der Waals surface area contributed by atoms with E-state index in [1.165, 1.54) is 23.5 Å². The number of nitrogens with one attached hydrogen (secondary N) is 1. The Hall–Kier alpha value is -3.58. The lowest BCUT2D eigenvalue weighted by atomic mass is 10.1. The maximum absolute atomic E-state index is 13.6. The van der Waals surface area contributed by atoms with Crippen LogP contribution in [0.3, 0.4) is 0 Å². The summed E-state index contributed by atoms with van der Waals surface area (Å²) < 4.78 is 32.2. The van der Waals surface area contributed by atoms with Gasteiger partial charge < -0.3 is 4.74 Å². The molecule has 7 heteroatoms. The zero-order chi connectivity index (χ0) is 20.8. The number of nitrogens with zero attached hydrogens (tertiary/aromatic N) is 2. The highest BCUT2D eigenvalue weighted by Crippen LogP contribution is 2.24. The van der Waals surface area contributed by atoms with E-state index in [0.717, 1.165) is 28.5 Å². The van der Waals surface area contributed by atoms with Gasteiger partial charge in [-0.25, -0.2) is 9.37 Å². The van der Waals surface area contributed by atoms with Crippen LogP contribution in [0.1, 0.15) is 11.1 Å². The molecule has 3 aromatic carbocycles. The van der Waals surface area contributed by atoms with Gasteiger partial charge in [0.1, 0.15) is 6.61 Å². The Morgan fingerprint density at radius 2 is 1.77 bits per heavy atom. The number of thiazole rings is 1. The molecule has 4 aromatic rings. The predicted molar refractivity (Wildman–Crippen MR) is 116 cm³/mol. The summed E-state index contributed by atoms with van der Waals surface area (Å²) in [4.78, 5) is 4.51. The van der Waals surface area contributed by atoms with E-state index in [4.69, 9.17) is 4.74 Å². The Labute approximate surface area is 176 Å². The highest BCUT2D eigenvalue weighted by atomic mass is 32.1. The normalized spacial score (nSPS) is 11.0. The van der Waals surface area contributed by atoms with E-state index in [1.54, 1.807) is 6.21 Å². The second kappa shape index (κ2) is 9.28. The summed E-state index contributed by atoms with van der Waals surface area (Å²) in [6.45, 7) is 0.136. The van der Waals surface area contributed by atoms with Gasteiger partial charge in [-0.2, -0.15) is 9.49 Å². The van der Waals surface area contributed by atoms with E-state index in [-0.39, 0.29) is 12.4 Å². The van der Waals surface area contributed by atoms with Gasteiger partial charge in [0.25, 0.3) is 0 Å². The van der Waals surface area contributed by atoms with Crippen molar-refractivity contribution in [3.05, 3.63) is 101 Å². The minimum atomic E-state index is -0.982. The highest BCUT2D eigenvalue weighted by molar-refractivity contribution is 7.14. The summed E-state index contributed by atoms with van der Waals surface area (Å²) in [6, 6.07) is 21.2. The van der Waals surface area contributed by atoms with Crippen molar-refractivity contribution < 1.29 is 13.5 Å². The lowest BCUT2D eigenvalue weighted by Gasteiger charge is -2.07. The molecule has 150 valence electrons. The number of aromatic nitrogens is 1. The number of hydrogen-bond donors (Lipinski definition) is 1. The van der Waals surface area contributed by atoms with Gasteiger partial charge in [0.2, 0.25) is 10.9 Å². The fourth-order valence-electron chi connectivity index (χ4n) is 2.69. The molecule has 0 spiro atoms. The van der Waals surface area contributed by atoms with Crippen LogP contribution in [-0.4, -0.2) is 11.2 Å². The summed E-state index contributed by atoms with van der Waals surface area (Å²) >= 11 is 1.48. The molecule has 4 rings (SSSR count). The third-order valence-electron chi connectivity index (χ3n) is 4.24. The summed E-state index contributed by atoms with van der Waals surface area (Å²) in [5.74, 6) is -2.02. The van der Waals surface area contributed by atoms with Gasteiger partial charge in [-0.15, -0.1) is 11.3 Å². The van der Waals surface area contributed by atoms with Crippen molar-refractivity contribution in [2.75, 3.05) is 5.43 Å². The summed E-state index contributed by atoms with van der Waals surface area (Å²) in [5, 5.41) is 6.89. The van der Waals surface area contributed by atoms with Crippen molar-refractivity contribution in [2.45, 2.75) is 6.61 Å². The molecule has 4 nitrogen and oxygen atoms in total. The van der Waals surface area contributed by atoms with Crippen molar-refractivity contribution in [1.29, 1.82) is 0 Å². The van der Waals surface area contributed by atoms with E-state index in [9.17, 15) is 8.78 Å². The molecule has 30 heavy (non-hydrogen) atoms. The summed E-state index contributed by atoms with van der Waals surface area (Å²) in [7, 11) is 0. The zero-order valence-electron chi connectivity index (χ0n) is 15.8. The molecule has 0 atom stereocenters. The number of halogens is 2. The van der Waals surface area contributed by atoms with Gasteiger partial charge in [-0.1, -0.05) is 60.7 Å². The number of hydrogen-bond acceptors (Lipinski definition) is 5. The lowest BCUT2D eigenvalue weighted by Crippen LogP contribution is -1.99. The van der Waals surface area contributed by atoms with Crippen molar-refractivity contribution in [3.8, 4) is 17.0 Å². The standard InChI is InChI=1S/C23H17F2N3OS/c24-19-7-4-8-21(22(19)25)29-14-17-11-9-16(10-12-17)13-26-28-23-27-20(15-30-23)18-5-2-1-3-6-18/h1-13,15H,14H2,(H,27,28). The van der Waals surface area contributed by atoms with Crippen molar-refractivity contribution in [1.82, 2.24) is 4.98 Å². The van der Waals surface area contributed by atoms with Gasteiger partial charge in [0, 0.05) is 10.9 Å². The third kappa shape index (κ3) is 4.87. The van der Waals surface area contributed by atoms with Gasteiger partial charge in [0.05, 0.1) is 11.9 Å². The maximum atomic E-state index is 13.6. The van der Waals surface area contributed by atoms with Gasteiger partial charge in [-0.3, -0.25) is 5.43 Å². The maximum Gasteiger partial charge on any atom is 0.203 e. The minimum absolute atomic E-state index is 0.108. The van der Waals surface area contributed by atoms with Gasteiger partial charge in [-0.05, 0) is 23.3 Å². The highest BCUT2D eigenvalue weighted by Gasteiger charge is 2.08. The van der Waals surface area contributed by atoms with E-state index in [1.807, 2.05) is 60.0 Å². The molecule has 0 saturated carbocycles. The van der Waals surface area contributed by atoms with Crippen LogP contribution in [0.4, 0.5) is 13.9 Å². The van der Waals surface area contributed by atoms with Crippen LogP contribution >= 0.6 is 11.3 Å². The van der Waals surface area contributed by atoms with Crippen LogP contribution < -0.4 is 10.2 Å². The minimum Gasteiger partial charge on any atom is -0.486 e. The third-order valence-corrected chi connectivity index (χ3v) is 4.98. The first-order chi connectivity index (χ1) is 14.7. The molecule has 0 aliphatic heterocycles. The van der Waals surface area contributed by atoms with Crippen LogP contribution in [0.2, 0.25) is 0 Å². The molecule has 0 fully saturated rings. The van der Waals surface area contributed by atoms with E-state index < -0.39 is 11.6 Å². The Balaban J connectivity index is 1.32. The molecule has 0 aliphatic rings. The Bertz CT molecular complexity index is 1140.